The highest BCUT2D eigenvalue weighted by Crippen LogP contribution is 2.18. The van der Waals surface area contributed by atoms with Crippen LogP contribution in [0.3, 0.4) is 0 Å². The Morgan fingerprint density at radius 1 is 1.45 bits per heavy atom. The Balaban J connectivity index is 2.75. The molecule has 3 N–H and O–H groups in total. The fraction of sp³-hybridized carbons (Fsp3) is 0.400. The molecular formula is C15H20ClN3O3. The van der Waals surface area contributed by atoms with Crippen molar-refractivity contribution in [1.29, 1.82) is 5.41 Å². The molecule has 0 amide bonds. The molecule has 1 unspecified atom stereocenters. The zero-order valence-corrected chi connectivity index (χ0v) is 13.5. The molecule has 0 aliphatic heterocycles. The molecule has 1 atom stereocenters. The zero-order chi connectivity index (χ0) is 16.8. The second-order valence-corrected chi connectivity index (χ2v) is 6.15. The molecule has 0 saturated carbocycles. The monoisotopic (exact) mass is 325 g/mol. The molecule has 0 saturated heterocycles. The molecule has 1 rings (SSSR count). The molecule has 0 bridgehead atoms. The van der Waals surface area contributed by atoms with E-state index in [1.54, 1.807) is 24.3 Å². The first-order valence-electron chi connectivity index (χ1n) is 6.70. The van der Waals surface area contributed by atoms with Crippen LogP contribution in [-0.4, -0.2) is 23.6 Å². The highest BCUT2D eigenvalue weighted by Gasteiger charge is 2.18. The van der Waals surface area contributed by atoms with Gasteiger partial charge in [0.2, 0.25) is 0 Å². The van der Waals surface area contributed by atoms with Gasteiger partial charge in [-0.25, -0.2) is 0 Å². The standard InChI is InChI=1S/C15H20ClN3O3/c1-15(2,3)12(17)8-14(20)22-13(9-18-21)19-11-6-4-10(16)5-7-11/h4-8,13,17,19-20H,9H2,1-3H3/b14-8+,17-12?. The summed E-state index contributed by atoms with van der Waals surface area (Å²) in [7, 11) is 0. The van der Waals surface area contributed by atoms with Crippen molar-refractivity contribution in [3.05, 3.63) is 46.2 Å². The SMILES string of the molecule is CC(C)(C)C(=N)/C=C(\O)OC(CN=O)Nc1ccc(Cl)cc1. The smallest absolute Gasteiger partial charge is 0.280 e. The van der Waals surface area contributed by atoms with Crippen LogP contribution in [0, 0.1) is 15.7 Å². The second kappa shape index (κ2) is 7.79. The quantitative estimate of drug-likeness (QED) is 0.301. The Labute approximate surface area is 134 Å². The molecule has 6 nitrogen and oxygen atoms in total. The highest BCUT2D eigenvalue weighted by molar-refractivity contribution is 6.30. The topological polar surface area (TPSA) is 94.8 Å². The van der Waals surface area contributed by atoms with E-state index >= 15 is 0 Å². The molecular weight excluding hydrogens is 306 g/mol. The van der Waals surface area contributed by atoms with E-state index in [0.717, 1.165) is 0 Å². The van der Waals surface area contributed by atoms with Crippen LogP contribution in [0.25, 0.3) is 0 Å². The Morgan fingerprint density at radius 2 is 2.05 bits per heavy atom. The lowest BCUT2D eigenvalue weighted by molar-refractivity contribution is 0.0520. The normalized spacial score (nSPS) is 13.4. The number of benzene rings is 1. The average molecular weight is 326 g/mol. The molecule has 1 aromatic rings. The van der Waals surface area contributed by atoms with Gasteiger partial charge in [-0.1, -0.05) is 37.5 Å². The van der Waals surface area contributed by atoms with Crippen molar-refractivity contribution in [3.63, 3.8) is 0 Å². The van der Waals surface area contributed by atoms with Crippen molar-refractivity contribution in [2.24, 2.45) is 10.6 Å². The maximum absolute atomic E-state index is 10.5. The number of aliphatic hydroxyl groups excluding tert-OH is 1. The summed E-state index contributed by atoms with van der Waals surface area (Å²) < 4.78 is 5.23. The molecule has 22 heavy (non-hydrogen) atoms. The van der Waals surface area contributed by atoms with Gasteiger partial charge in [0.05, 0.1) is 0 Å². The van der Waals surface area contributed by atoms with Crippen molar-refractivity contribution in [1.82, 2.24) is 0 Å². The van der Waals surface area contributed by atoms with Gasteiger partial charge in [-0.2, -0.15) is 4.91 Å². The molecule has 1 aromatic carbocycles. The summed E-state index contributed by atoms with van der Waals surface area (Å²) in [4.78, 5) is 10.5. The van der Waals surface area contributed by atoms with E-state index in [1.807, 2.05) is 20.8 Å². The minimum atomic E-state index is -0.845. The molecule has 7 heteroatoms. The highest BCUT2D eigenvalue weighted by atomic mass is 35.5. The van der Waals surface area contributed by atoms with Gasteiger partial charge in [0.1, 0.15) is 6.54 Å². The number of hydrogen-bond donors (Lipinski definition) is 3. The fourth-order valence-electron chi connectivity index (χ4n) is 1.43. The summed E-state index contributed by atoms with van der Waals surface area (Å²) >= 11 is 5.79. The molecule has 0 aromatic heterocycles. The summed E-state index contributed by atoms with van der Waals surface area (Å²) in [6.07, 6.45) is 0.365. The summed E-state index contributed by atoms with van der Waals surface area (Å²) in [6, 6.07) is 6.78. The van der Waals surface area contributed by atoms with Gasteiger partial charge in [-0.3, -0.25) is 0 Å². The molecule has 0 fully saturated rings. The van der Waals surface area contributed by atoms with Crippen molar-refractivity contribution in [2.75, 3.05) is 11.9 Å². The first kappa shape index (κ1) is 18.0. The van der Waals surface area contributed by atoms with E-state index in [0.29, 0.717) is 10.7 Å². The molecule has 0 aliphatic carbocycles. The van der Waals surface area contributed by atoms with Gasteiger partial charge < -0.3 is 20.6 Å². The third kappa shape index (κ3) is 6.13. The first-order valence-corrected chi connectivity index (χ1v) is 7.07. The van der Waals surface area contributed by atoms with E-state index in [2.05, 4.69) is 10.5 Å². The van der Waals surface area contributed by atoms with Crippen molar-refractivity contribution in [2.45, 2.75) is 27.0 Å². The number of halogens is 1. The molecule has 0 spiro atoms. The lowest BCUT2D eigenvalue weighted by atomic mass is 9.90. The van der Waals surface area contributed by atoms with Gasteiger partial charge in [0.25, 0.3) is 5.95 Å². The van der Waals surface area contributed by atoms with Crippen LogP contribution in [0.15, 0.2) is 41.5 Å². The molecule has 0 aliphatic rings. The Hall–Kier alpha value is -2.08. The first-order chi connectivity index (χ1) is 10.2. The van der Waals surface area contributed by atoms with E-state index in [-0.39, 0.29) is 12.3 Å². The maximum Gasteiger partial charge on any atom is 0.280 e. The van der Waals surface area contributed by atoms with Crippen LogP contribution in [0.1, 0.15) is 20.8 Å². The van der Waals surface area contributed by atoms with Crippen LogP contribution < -0.4 is 5.32 Å². The van der Waals surface area contributed by atoms with Crippen LogP contribution >= 0.6 is 11.6 Å². The van der Waals surface area contributed by atoms with E-state index in [1.165, 1.54) is 6.08 Å². The number of nitrogens with zero attached hydrogens (tertiary/aromatic N) is 1. The number of ether oxygens (including phenoxy) is 1. The van der Waals surface area contributed by atoms with Gasteiger partial charge in [-0.05, 0) is 24.3 Å². The molecule has 0 radical (unpaired) electrons. The number of anilines is 1. The number of aliphatic hydroxyl groups is 1. The maximum atomic E-state index is 10.5. The number of hydrogen-bond acceptors (Lipinski definition) is 6. The van der Waals surface area contributed by atoms with Gasteiger partial charge in [0.15, 0.2) is 6.23 Å². The molecule has 0 heterocycles. The van der Waals surface area contributed by atoms with E-state index in [9.17, 15) is 10.0 Å². The van der Waals surface area contributed by atoms with Crippen LogP contribution in [-0.2, 0) is 4.74 Å². The summed E-state index contributed by atoms with van der Waals surface area (Å²) in [5.41, 5.74) is 0.449. The van der Waals surface area contributed by atoms with Crippen molar-refractivity contribution < 1.29 is 9.84 Å². The van der Waals surface area contributed by atoms with Crippen molar-refractivity contribution in [3.8, 4) is 0 Å². The lowest BCUT2D eigenvalue weighted by Crippen LogP contribution is -2.27. The Bertz CT molecular complexity index is 550. The predicted molar refractivity (Wildman–Crippen MR) is 88.5 cm³/mol. The summed E-state index contributed by atoms with van der Waals surface area (Å²) in [6.45, 7) is 5.32. The summed E-state index contributed by atoms with van der Waals surface area (Å²) in [5.74, 6) is -0.449. The number of nitrogens with one attached hydrogen (secondary N) is 2. The minimum Gasteiger partial charge on any atom is -0.481 e. The lowest BCUT2D eigenvalue weighted by Gasteiger charge is -2.20. The number of rotatable bonds is 7. The zero-order valence-electron chi connectivity index (χ0n) is 12.8. The third-order valence-corrected chi connectivity index (χ3v) is 3.00. The average Bonchev–Trinajstić information content (AvgIpc) is 2.40. The van der Waals surface area contributed by atoms with Crippen LogP contribution in [0.5, 0.6) is 0 Å². The second-order valence-electron chi connectivity index (χ2n) is 5.72. The van der Waals surface area contributed by atoms with Crippen molar-refractivity contribution >= 4 is 23.0 Å². The number of nitroso groups, excluding NO2 is 1. The Kier molecular flexibility index (Phi) is 6.37. The van der Waals surface area contributed by atoms with E-state index < -0.39 is 17.6 Å². The van der Waals surface area contributed by atoms with E-state index in [4.69, 9.17) is 21.7 Å². The Morgan fingerprint density at radius 3 is 2.55 bits per heavy atom. The minimum absolute atomic E-state index is 0.203. The van der Waals surface area contributed by atoms with Gasteiger partial charge in [0, 0.05) is 27.9 Å². The molecule has 120 valence electrons. The van der Waals surface area contributed by atoms with Crippen LogP contribution in [0.2, 0.25) is 5.02 Å². The third-order valence-electron chi connectivity index (χ3n) is 2.75. The summed E-state index contributed by atoms with van der Waals surface area (Å²) in [5, 5.41) is 23.9. The predicted octanol–water partition coefficient (Wildman–Crippen LogP) is 4.33. The van der Waals surface area contributed by atoms with Gasteiger partial charge in [-0.15, -0.1) is 0 Å². The fourth-order valence-corrected chi connectivity index (χ4v) is 1.56. The van der Waals surface area contributed by atoms with Crippen LogP contribution in [0.4, 0.5) is 5.69 Å². The van der Waals surface area contributed by atoms with Gasteiger partial charge >= 0.3 is 0 Å². The largest absolute Gasteiger partial charge is 0.481 e. The number of allylic oxidation sites excluding steroid dienone is 1.